The van der Waals surface area contributed by atoms with Crippen LogP contribution in [0.25, 0.3) is 10.2 Å². The fourth-order valence-corrected chi connectivity index (χ4v) is 4.78. The minimum atomic E-state index is -0.385. The number of amides is 1. The van der Waals surface area contributed by atoms with Crippen molar-refractivity contribution in [3.05, 3.63) is 52.7 Å². The van der Waals surface area contributed by atoms with Gasteiger partial charge in [0, 0.05) is 31.1 Å². The Bertz CT molecular complexity index is 963. The molecule has 7 heteroatoms. The fourth-order valence-electron chi connectivity index (χ4n) is 3.79. The van der Waals surface area contributed by atoms with Gasteiger partial charge in [-0.2, -0.15) is 0 Å². The van der Waals surface area contributed by atoms with Crippen LogP contribution < -0.4 is 10.6 Å². The van der Waals surface area contributed by atoms with Gasteiger partial charge in [-0.25, -0.2) is 9.97 Å². The summed E-state index contributed by atoms with van der Waals surface area (Å²) in [5.74, 6) is 0.695. The second-order valence-corrected chi connectivity index (χ2v) is 8.10. The van der Waals surface area contributed by atoms with Gasteiger partial charge in [-0.3, -0.25) is 9.69 Å². The van der Waals surface area contributed by atoms with Crippen LogP contribution >= 0.6 is 11.3 Å². The van der Waals surface area contributed by atoms with Gasteiger partial charge in [0.05, 0.1) is 5.39 Å². The van der Waals surface area contributed by atoms with Crippen molar-refractivity contribution in [3.8, 4) is 0 Å². The molecule has 2 N–H and O–H groups in total. The molecular weight excluding hydrogens is 358 g/mol. The van der Waals surface area contributed by atoms with Crippen LogP contribution in [0.4, 0.5) is 5.82 Å². The van der Waals surface area contributed by atoms with E-state index in [2.05, 4.69) is 33.6 Å². The molecule has 0 saturated carbocycles. The highest BCUT2D eigenvalue weighted by molar-refractivity contribution is 7.18. The molecule has 1 aliphatic rings. The average Bonchev–Trinajstić information content (AvgIpc) is 2.97. The number of aryl methyl sites for hydroxylation is 2. The van der Waals surface area contributed by atoms with E-state index in [1.54, 1.807) is 17.7 Å². The molecule has 1 atom stereocenters. The number of thiophene rings is 1. The number of rotatable bonds is 4. The van der Waals surface area contributed by atoms with E-state index in [4.69, 9.17) is 5.73 Å². The van der Waals surface area contributed by atoms with E-state index in [0.29, 0.717) is 0 Å². The third kappa shape index (κ3) is 3.28. The Labute approximate surface area is 162 Å². The number of piperazine rings is 1. The van der Waals surface area contributed by atoms with Crippen LogP contribution in [-0.4, -0.2) is 47.0 Å². The quantitative estimate of drug-likeness (QED) is 0.752. The molecule has 1 aliphatic heterocycles. The van der Waals surface area contributed by atoms with Gasteiger partial charge in [0.1, 0.15) is 23.0 Å². The standard InChI is InChI=1S/C20H23N5OS/c1-13-14(2)27-20-16(13)19(22-12-23-20)25-10-8-24(9-11-25)17(18(21)26)15-6-4-3-5-7-15/h3-7,12,17H,8-11H2,1-2H3,(H2,21,26). The van der Waals surface area contributed by atoms with Gasteiger partial charge < -0.3 is 10.6 Å². The third-order valence-corrected chi connectivity index (χ3v) is 6.42. The lowest BCUT2D eigenvalue weighted by Gasteiger charge is -2.39. The molecule has 1 unspecified atom stereocenters. The number of nitrogens with zero attached hydrogens (tertiary/aromatic N) is 4. The molecule has 0 aliphatic carbocycles. The number of hydrogen-bond donors (Lipinski definition) is 1. The first-order valence-corrected chi connectivity index (χ1v) is 9.92. The number of benzene rings is 1. The van der Waals surface area contributed by atoms with E-state index in [1.165, 1.54) is 10.4 Å². The van der Waals surface area contributed by atoms with Gasteiger partial charge >= 0.3 is 0 Å². The van der Waals surface area contributed by atoms with Gasteiger partial charge in [0.25, 0.3) is 0 Å². The number of nitrogens with two attached hydrogens (primary N) is 1. The zero-order valence-electron chi connectivity index (χ0n) is 15.6. The summed E-state index contributed by atoms with van der Waals surface area (Å²) in [5, 5.41) is 1.16. The zero-order chi connectivity index (χ0) is 19.0. The largest absolute Gasteiger partial charge is 0.368 e. The number of aromatic nitrogens is 2. The Balaban J connectivity index is 1.56. The highest BCUT2D eigenvalue weighted by Gasteiger charge is 2.30. The van der Waals surface area contributed by atoms with Crippen molar-refractivity contribution in [1.29, 1.82) is 0 Å². The molecule has 0 radical (unpaired) electrons. The van der Waals surface area contributed by atoms with Gasteiger partial charge in [-0.15, -0.1) is 11.3 Å². The van der Waals surface area contributed by atoms with Crippen molar-refractivity contribution in [2.75, 3.05) is 31.1 Å². The molecule has 140 valence electrons. The smallest absolute Gasteiger partial charge is 0.239 e. The predicted molar refractivity (Wildman–Crippen MR) is 109 cm³/mol. The SMILES string of the molecule is Cc1sc2ncnc(N3CCN(C(C(N)=O)c4ccccc4)CC3)c2c1C. The Morgan fingerprint density at radius 1 is 1.11 bits per heavy atom. The first-order chi connectivity index (χ1) is 13.1. The van der Waals surface area contributed by atoms with Gasteiger partial charge in [-0.05, 0) is 25.0 Å². The molecule has 1 fully saturated rings. The summed E-state index contributed by atoms with van der Waals surface area (Å²) in [4.78, 5) is 27.9. The maximum absolute atomic E-state index is 12.1. The molecule has 0 bridgehead atoms. The first-order valence-electron chi connectivity index (χ1n) is 9.10. The lowest BCUT2D eigenvalue weighted by atomic mass is 10.0. The predicted octanol–water partition coefficient (Wildman–Crippen LogP) is 2.66. The van der Waals surface area contributed by atoms with Crippen molar-refractivity contribution >= 4 is 33.3 Å². The highest BCUT2D eigenvalue weighted by atomic mass is 32.1. The molecule has 4 rings (SSSR count). The summed E-state index contributed by atoms with van der Waals surface area (Å²) < 4.78 is 0. The summed E-state index contributed by atoms with van der Waals surface area (Å²) in [7, 11) is 0. The summed E-state index contributed by atoms with van der Waals surface area (Å²) in [5.41, 5.74) is 7.94. The van der Waals surface area contributed by atoms with Crippen molar-refractivity contribution < 1.29 is 4.79 Å². The maximum atomic E-state index is 12.1. The highest BCUT2D eigenvalue weighted by Crippen LogP contribution is 2.35. The number of carbonyl (C=O) groups excluding carboxylic acids is 1. The molecule has 3 aromatic rings. The molecule has 1 amide bonds. The second-order valence-electron chi connectivity index (χ2n) is 6.90. The Morgan fingerprint density at radius 3 is 2.48 bits per heavy atom. The molecular formula is C20H23N5OS. The topological polar surface area (TPSA) is 75.3 Å². The Kier molecular flexibility index (Phi) is 4.80. The minimum Gasteiger partial charge on any atom is -0.368 e. The maximum Gasteiger partial charge on any atom is 0.239 e. The number of carbonyl (C=O) groups is 1. The Morgan fingerprint density at radius 2 is 1.81 bits per heavy atom. The minimum absolute atomic E-state index is 0.302. The van der Waals surface area contributed by atoms with Crippen LogP contribution in [0.3, 0.4) is 0 Å². The van der Waals surface area contributed by atoms with Crippen LogP contribution in [-0.2, 0) is 4.79 Å². The third-order valence-electron chi connectivity index (χ3n) is 5.31. The first kappa shape index (κ1) is 17.9. The molecule has 0 spiro atoms. The lowest BCUT2D eigenvalue weighted by molar-refractivity contribution is -0.123. The van der Waals surface area contributed by atoms with Crippen molar-refractivity contribution in [2.24, 2.45) is 5.73 Å². The number of primary amides is 1. The van der Waals surface area contributed by atoms with E-state index in [-0.39, 0.29) is 11.9 Å². The monoisotopic (exact) mass is 381 g/mol. The summed E-state index contributed by atoms with van der Waals surface area (Å²) in [6.07, 6.45) is 1.65. The fraction of sp³-hybridized carbons (Fsp3) is 0.350. The van der Waals surface area contributed by atoms with Crippen LogP contribution in [0.15, 0.2) is 36.7 Å². The lowest BCUT2D eigenvalue weighted by Crippen LogP contribution is -2.50. The molecule has 6 nitrogen and oxygen atoms in total. The van der Waals surface area contributed by atoms with Crippen LogP contribution in [0.1, 0.15) is 22.0 Å². The van der Waals surface area contributed by atoms with E-state index in [1.807, 2.05) is 30.3 Å². The summed E-state index contributed by atoms with van der Waals surface area (Å²) >= 11 is 1.71. The van der Waals surface area contributed by atoms with Crippen LogP contribution in [0.2, 0.25) is 0 Å². The van der Waals surface area contributed by atoms with E-state index in [0.717, 1.165) is 47.8 Å². The zero-order valence-corrected chi connectivity index (χ0v) is 16.4. The average molecular weight is 382 g/mol. The van der Waals surface area contributed by atoms with Crippen molar-refractivity contribution in [3.63, 3.8) is 0 Å². The molecule has 1 aromatic carbocycles. The second kappa shape index (κ2) is 7.25. The Hall–Kier alpha value is -2.51. The van der Waals surface area contributed by atoms with Gasteiger partial charge in [0.2, 0.25) is 5.91 Å². The van der Waals surface area contributed by atoms with Crippen molar-refractivity contribution in [2.45, 2.75) is 19.9 Å². The van der Waals surface area contributed by atoms with Crippen LogP contribution in [0, 0.1) is 13.8 Å². The normalized spacial score (nSPS) is 16.6. The van der Waals surface area contributed by atoms with Crippen molar-refractivity contribution in [1.82, 2.24) is 14.9 Å². The molecule has 2 aromatic heterocycles. The van der Waals surface area contributed by atoms with E-state index < -0.39 is 0 Å². The van der Waals surface area contributed by atoms with Gasteiger partial charge in [-0.1, -0.05) is 30.3 Å². The number of hydrogen-bond acceptors (Lipinski definition) is 6. The summed E-state index contributed by atoms with van der Waals surface area (Å²) in [6.45, 7) is 7.39. The van der Waals surface area contributed by atoms with E-state index >= 15 is 0 Å². The molecule has 27 heavy (non-hydrogen) atoms. The van der Waals surface area contributed by atoms with E-state index in [9.17, 15) is 4.79 Å². The summed E-state index contributed by atoms with van der Waals surface area (Å²) in [6, 6.07) is 9.39. The van der Waals surface area contributed by atoms with Crippen LogP contribution in [0.5, 0.6) is 0 Å². The molecule has 3 heterocycles. The molecule has 1 saturated heterocycles. The van der Waals surface area contributed by atoms with Gasteiger partial charge in [0.15, 0.2) is 0 Å². The number of anilines is 1. The number of fused-ring (bicyclic) bond motifs is 1.